The largest absolute Gasteiger partial charge is 0.316 e. The van der Waals surface area contributed by atoms with Crippen LogP contribution in [0.25, 0.3) is 0 Å². The van der Waals surface area contributed by atoms with Gasteiger partial charge in [-0.2, -0.15) is 0 Å². The number of nitrogens with one attached hydrogen (secondary N) is 1. The zero-order chi connectivity index (χ0) is 6.27. The van der Waals surface area contributed by atoms with E-state index in [0.29, 0.717) is 0 Å². The molecule has 1 N–H and O–H groups in total. The van der Waals surface area contributed by atoms with Gasteiger partial charge in [0, 0.05) is 22.3 Å². The first-order valence-electron chi connectivity index (χ1n) is 3.42. The summed E-state index contributed by atoms with van der Waals surface area (Å²) >= 11 is 0. The van der Waals surface area contributed by atoms with Crippen LogP contribution >= 0.6 is 0 Å². The van der Waals surface area contributed by atoms with E-state index in [1.165, 1.54) is 0 Å². The van der Waals surface area contributed by atoms with Crippen LogP contribution in [0.3, 0.4) is 0 Å². The van der Waals surface area contributed by atoms with Gasteiger partial charge in [-0.05, 0) is 24.9 Å². The van der Waals surface area contributed by atoms with E-state index in [-0.39, 0.29) is 0 Å². The second kappa shape index (κ2) is 2.06. The summed E-state index contributed by atoms with van der Waals surface area (Å²) in [5, 5.41) is 3.31. The summed E-state index contributed by atoms with van der Waals surface area (Å²) in [4.78, 5) is 0. The highest BCUT2D eigenvalue weighted by Crippen LogP contribution is 2.25. The van der Waals surface area contributed by atoms with Gasteiger partial charge in [0.1, 0.15) is 0 Å². The summed E-state index contributed by atoms with van der Waals surface area (Å²) in [6.07, 6.45) is 0. The third-order valence-electron chi connectivity index (χ3n) is 2.28. The van der Waals surface area contributed by atoms with Crippen molar-refractivity contribution >= 4 is 10.8 Å². The van der Waals surface area contributed by atoms with Crippen LogP contribution in [0.15, 0.2) is 0 Å². The Hall–Kier alpha value is 0.110. The summed E-state index contributed by atoms with van der Waals surface area (Å²) in [7, 11) is -0.472. The Morgan fingerprint density at radius 1 is 1.22 bits per heavy atom. The van der Waals surface area contributed by atoms with Crippen LogP contribution in [-0.2, 0) is 10.8 Å². The van der Waals surface area contributed by atoms with Gasteiger partial charge in [0.2, 0.25) is 0 Å². The molecule has 2 unspecified atom stereocenters. The van der Waals surface area contributed by atoms with Crippen molar-refractivity contribution in [3.8, 4) is 0 Å². The number of hydrogen-bond donors (Lipinski definition) is 1. The van der Waals surface area contributed by atoms with E-state index < -0.39 is 10.8 Å². The lowest BCUT2D eigenvalue weighted by molar-refractivity contribution is 0.533. The fourth-order valence-corrected chi connectivity index (χ4v) is 3.59. The Labute approximate surface area is 57.5 Å². The van der Waals surface area contributed by atoms with Crippen molar-refractivity contribution in [2.24, 2.45) is 11.8 Å². The van der Waals surface area contributed by atoms with Gasteiger partial charge in [0.25, 0.3) is 0 Å². The molecular weight excluding hydrogens is 134 g/mol. The topological polar surface area (TPSA) is 29.1 Å². The van der Waals surface area contributed by atoms with Gasteiger partial charge in [-0.25, -0.2) is 0 Å². The lowest BCUT2D eigenvalue weighted by Crippen LogP contribution is -2.13. The van der Waals surface area contributed by atoms with Crippen LogP contribution in [0.2, 0.25) is 0 Å². The molecule has 0 bridgehead atoms. The Morgan fingerprint density at radius 3 is 2.33 bits per heavy atom. The average Bonchev–Trinajstić information content (AvgIpc) is 2.22. The lowest BCUT2D eigenvalue weighted by atomic mass is 10.0. The molecule has 2 rings (SSSR count). The average molecular weight is 145 g/mol. The van der Waals surface area contributed by atoms with Crippen molar-refractivity contribution in [2.75, 3.05) is 24.6 Å². The molecule has 0 saturated carbocycles. The van der Waals surface area contributed by atoms with Crippen molar-refractivity contribution < 1.29 is 4.21 Å². The van der Waals surface area contributed by atoms with Gasteiger partial charge < -0.3 is 5.32 Å². The first-order chi connectivity index (χ1) is 4.36. The Balaban J connectivity index is 2.09. The normalized spacial score (nSPS) is 49.6. The number of hydrogen-bond acceptors (Lipinski definition) is 2. The molecule has 9 heavy (non-hydrogen) atoms. The predicted octanol–water partition coefficient (Wildman–Crippen LogP) is -0.416. The molecule has 0 spiro atoms. The molecule has 2 fully saturated rings. The molecule has 2 heterocycles. The van der Waals surface area contributed by atoms with E-state index in [4.69, 9.17) is 0 Å². The minimum Gasteiger partial charge on any atom is -0.316 e. The highest BCUT2D eigenvalue weighted by atomic mass is 32.2. The van der Waals surface area contributed by atoms with E-state index in [9.17, 15) is 4.21 Å². The molecule has 0 aromatic heterocycles. The molecule has 0 aromatic rings. The molecule has 2 aliphatic heterocycles. The van der Waals surface area contributed by atoms with E-state index >= 15 is 0 Å². The quantitative estimate of drug-likeness (QED) is 0.502. The van der Waals surface area contributed by atoms with Crippen molar-refractivity contribution in [1.29, 1.82) is 0 Å². The minimum atomic E-state index is -0.472. The summed E-state index contributed by atoms with van der Waals surface area (Å²) in [6.45, 7) is 2.22. The molecule has 52 valence electrons. The second-order valence-electron chi connectivity index (χ2n) is 2.95. The first kappa shape index (κ1) is 5.86. The Bertz CT molecular complexity index is 134. The molecule has 0 aromatic carbocycles. The molecule has 0 aliphatic carbocycles. The monoisotopic (exact) mass is 145 g/mol. The lowest BCUT2D eigenvalue weighted by Gasteiger charge is -2.00. The Morgan fingerprint density at radius 2 is 1.78 bits per heavy atom. The maximum Gasteiger partial charge on any atom is 0.0278 e. The SMILES string of the molecule is O=S1CC2CNCC2C1. The van der Waals surface area contributed by atoms with E-state index in [0.717, 1.165) is 36.4 Å². The van der Waals surface area contributed by atoms with Gasteiger partial charge >= 0.3 is 0 Å². The van der Waals surface area contributed by atoms with Crippen LogP contribution in [0.4, 0.5) is 0 Å². The zero-order valence-corrected chi connectivity index (χ0v) is 6.12. The molecule has 2 saturated heterocycles. The second-order valence-corrected chi connectivity index (χ2v) is 4.50. The highest BCUT2D eigenvalue weighted by Gasteiger charge is 2.35. The third kappa shape index (κ3) is 0.923. The number of rotatable bonds is 0. The third-order valence-corrected chi connectivity index (χ3v) is 3.88. The fraction of sp³-hybridized carbons (Fsp3) is 1.00. The van der Waals surface area contributed by atoms with E-state index in [1.807, 2.05) is 0 Å². The summed E-state index contributed by atoms with van der Waals surface area (Å²) in [5.41, 5.74) is 0. The molecule has 2 aliphatic rings. The molecular formula is C6H11NOS. The van der Waals surface area contributed by atoms with Crippen LogP contribution in [0.1, 0.15) is 0 Å². The highest BCUT2D eigenvalue weighted by molar-refractivity contribution is 7.85. The van der Waals surface area contributed by atoms with Crippen molar-refractivity contribution in [2.45, 2.75) is 0 Å². The molecule has 3 heteroatoms. The van der Waals surface area contributed by atoms with Gasteiger partial charge in [-0.1, -0.05) is 0 Å². The molecule has 2 atom stereocenters. The van der Waals surface area contributed by atoms with Crippen LogP contribution < -0.4 is 5.32 Å². The smallest absolute Gasteiger partial charge is 0.0278 e. The Kier molecular flexibility index (Phi) is 1.34. The fourth-order valence-electron chi connectivity index (χ4n) is 1.72. The first-order valence-corrected chi connectivity index (χ1v) is 4.91. The van der Waals surface area contributed by atoms with E-state index in [1.54, 1.807) is 0 Å². The summed E-state index contributed by atoms with van der Waals surface area (Å²) < 4.78 is 10.9. The summed E-state index contributed by atoms with van der Waals surface area (Å²) in [5.74, 6) is 3.40. The zero-order valence-electron chi connectivity index (χ0n) is 5.30. The van der Waals surface area contributed by atoms with Gasteiger partial charge in [-0.3, -0.25) is 4.21 Å². The predicted molar refractivity (Wildman–Crippen MR) is 37.7 cm³/mol. The molecule has 0 radical (unpaired) electrons. The van der Waals surface area contributed by atoms with Gasteiger partial charge in [0.05, 0.1) is 0 Å². The molecule has 2 nitrogen and oxygen atoms in total. The van der Waals surface area contributed by atoms with Crippen molar-refractivity contribution in [3.05, 3.63) is 0 Å². The van der Waals surface area contributed by atoms with Crippen molar-refractivity contribution in [3.63, 3.8) is 0 Å². The van der Waals surface area contributed by atoms with Crippen LogP contribution in [0, 0.1) is 11.8 Å². The summed E-state index contributed by atoms with van der Waals surface area (Å²) in [6, 6.07) is 0. The van der Waals surface area contributed by atoms with E-state index in [2.05, 4.69) is 5.32 Å². The minimum absolute atomic E-state index is 0.472. The van der Waals surface area contributed by atoms with Crippen LogP contribution in [-0.4, -0.2) is 28.8 Å². The van der Waals surface area contributed by atoms with Gasteiger partial charge in [0.15, 0.2) is 0 Å². The van der Waals surface area contributed by atoms with Gasteiger partial charge in [-0.15, -0.1) is 0 Å². The maximum absolute atomic E-state index is 10.9. The number of fused-ring (bicyclic) bond motifs is 1. The van der Waals surface area contributed by atoms with Crippen LogP contribution in [0.5, 0.6) is 0 Å². The molecule has 0 amide bonds. The maximum atomic E-state index is 10.9. The van der Waals surface area contributed by atoms with Crippen molar-refractivity contribution in [1.82, 2.24) is 5.32 Å². The standard InChI is InChI=1S/C6H11NOS/c8-9-3-5-1-7-2-6(5)4-9/h5-7H,1-4H2.